The van der Waals surface area contributed by atoms with Crippen molar-refractivity contribution in [2.75, 3.05) is 31.6 Å². The Morgan fingerprint density at radius 2 is 1.97 bits per heavy atom. The van der Waals surface area contributed by atoms with E-state index in [0.29, 0.717) is 43.9 Å². The fraction of sp³-hybridized carbons (Fsp3) is 0.684. The SMILES string of the molecule is CCOC(=O)N1CCC(Nc2ncnc3c2ncn3C2OC(COC(F)(F)F)C(O)C2O)CC1. The Labute approximate surface area is 191 Å². The van der Waals surface area contributed by atoms with Gasteiger partial charge in [0, 0.05) is 19.1 Å². The van der Waals surface area contributed by atoms with E-state index >= 15 is 0 Å². The molecule has 2 aromatic rings. The van der Waals surface area contributed by atoms with Gasteiger partial charge in [-0.3, -0.25) is 9.30 Å². The third-order valence-corrected chi connectivity index (χ3v) is 5.74. The first kappa shape index (κ1) is 24.4. The van der Waals surface area contributed by atoms with Crippen LogP contribution in [0.5, 0.6) is 0 Å². The van der Waals surface area contributed by atoms with Crippen LogP contribution in [-0.2, 0) is 14.2 Å². The van der Waals surface area contributed by atoms with Gasteiger partial charge in [-0.2, -0.15) is 0 Å². The zero-order valence-electron chi connectivity index (χ0n) is 18.2. The summed E-state index contributed by atoms with van der Waals surface area (Å²) in [5, 5.41) is 23.8. The molecule has 3 N–H and O–H groups in total. The lowest BCUT2D eigenvalue weighted by atomic mass is 10.1. The smallest absolute Gasteiger partial charge is 0.450 e. The Balaban J connectivity index is 1.45. The summed E-state index contributed by atoms with van der Waals surface area (Å²) >= 11 is 0. The van der Waals surface area contributed by atoms with E-state index in [1.807, 2.05) is 0 Å². The average Bonchev–Trinajstić information content (AvgIpc) is 3.34. The van der Waals surface area contributed by atoms with Crippen molar-refractivity contribution < 1.29 is 42.4 Å². The summed E-state index contributed by atoms with van der Waals surface area (Å²) in [6.07, 6.45) is -7.10. The molecule has 2 fully saturated rings. The van der Waals surface area contributed by atoms with Crippen LogP contribution in [0.3, 0.4) is 0 Å². The summed E-state index contributed by atoms with van der Waals surface area (Å²) in [6.45, 7) is 2.11. The molecular weight excluding hydrogens is 465 g/mol. The minimum atomic E-state index is -4.89. The van der Waals surface area contributed by atoms with Crippen molar-refractivity contribution in [3.8, 4) is 0 Å². The fourth-order valence-electron chi connectivity index (χ4n) is 4.03. The second-order valence-electron chi connectivity index (χ2n) is 7.95. The van der Waals surface area contributed by atoms with E-state index in [1.165, 1.54) is 17.2 Å². The highest BCUT2D eigenvalue weighted by Gasteiger charge is 2.46. The lowest BCUT2D eigenvalue weighted by molar-refractivity contribution is -0.333. The van der Waals surface area contributed by atoms with Gasteiger partial charge in [0.25, 0.3) is 0 Å². The van der Waals surface area contributed by atoms with Crippen LogP contribution in [0.2, 0.25) is 0 Å². The highest BCUT2D eigenvalue weighted by Crippen LogP contribution is 2.33. The Morgan fingerprint density at radius 1 is 1.24 bits per heavy atom. The summed E-state index contributed by atoms with van der Waals surface area (Å²) in [5.41, 5.74) is 0.616. The Kier molecular flexibility index (Phi) is 7.06. The van der Waals surface area contributed by atoms with Gasteiger partial charge in [0.15, 0.2) is 23.2 Å². The number of likely N-dealkylation sites (tertiary alicyclic amines) is 1. The molecule has 34 heavy (non-hydrogen) atoms. The number of anilines is 1. The molecule has 188 valence electrons. The predicted octanol–water partition coefficient (Wildman–Crippen LogP) is 1.01. The number of rotatable bonds is 6. The number of fused-ring (bicyclic) bond motifs is 1. The number of halogens is 3. The van der Waals surface area contributed by atoms with Gasteiger partial charge < -0.3 is 29.9 Å². The first-order chi connectivity index (χ1) is 16.2. The molecule has 4 atom stereocenters. The second kappa shape index (κ2) is 9.85. The Bertz CT molecular complexity index is 999. The van der Waals surface area contributed by atoms with Gasteiger partial charge in [-0.15, -0.1) is 13.2 Å². The van der Waals surface area contributed by atoms with Crippen LogP contribution in [0.15, 0.2) is 12.7 Å². The number of amides is 1. The topological polar surface area (TPSA) is 144 Å². The normalized spacial score (nSPS) is 26.2. The average molecular weight is 490 g/mol. The maximum Gasteiger partial charge on any atom is 0.522 e. The van der Waals surface area contributed by atoms with E-state index in [0.717, 1.165) is 0 Å². The number of alkyl halides is 3. The van der Waals surface area contributed by atoms with Crippen molar-refractivity contribution in [3.05, 3.63) is 12.7 Å². The Morgan fingerprint density at radius 3 is 2.65 bits per heavy atom. The molecule has 0 radical (unpaired) electrons. The molecule has 4 rings (SSSR count). The van der Waals surface area contributed by atoms with E-state index in [2.05, 4.69) is 25.0 Å². The molecule has 4 heterocycles. The molecule has 0 aliphatic carbocycles. The highest BCUT2D eigenvalue weighted by molar-refractivity contribution is 5.82. The van der Waals surface area contributed by atoms with Crippen LogP contribution in [0.1, 0.15) is 26.0 Å². The molecule has 2 aliphatic heterocycles. The number of aliphatic hydroxyl groups is 2. The number of imidazole rings is 1. The van der Waals surface area contributed by atoms with Gasteiger partial charge in [0.2, 0.25) is 0 Å². The number of aliphatic hydroxyl groups excluding tert-OH is 2. The van der Waals surface area contributed by atoms with E-state index in [1.54, 1.807) is 11.8 Å². The van der Waals surface area contributed by atoms with Gasteiger partial charge >= 0.3 is 12.5 Å². The van der Waals surface area contributed by atoms with Crippen LogP contribution >= 0.6 is 0 Å². The highest BCUT2D eigenvalue weighted by atomic mass is 19.4. The zero-order chi connectivity index (χ0) is 24.5. The number of hydrogen-bond donors (Lipinski definition) is 3. The molecule has 15 heteroatoms. The summed E-state index contributed by atoms with van der Waals surface area (Å²) < 4.78 is 52.6. The van der Waals surface area contributed by atoms with E-state index in [4.69, 9.17) is 9.47 Å². The molecule has 0 spiro atoms. The summed E-state index contributed by atoms with van der Waals surface area (Å²) in [6, 6.07) is 0.00738. The third-order valence-electron chi connectivity index (χ3n) is 5.74. The predicted molar refractivity (Wildman–Crippen MR) is 108 cm³/mol. The maximum absolute atomic E-state index is 12.4. The van der Waals surface area contributed by atoms with Crippen molar-refractivity contribution in [2.24, 2.45) is 0 Å². The Hall–Kier alpha value is -2.75. The molecular formula is C19H25F3N6O6. The standard InChI is InChI=1S/C19H25F3N6O6/c1-2-32-18(31)27-5-3-10(4-6-27)26-15-12-16(24-8-23-15)28(9-25-12)17-14(30)13(29)11(34-17)7-33-19(20,21)22/h8-11,13-14,17,29-30H,2-7H2,1H3,(H,23,24,26). The fourth-order valence-corrected chi connectivity index (χ4v) is 4.03. The molecule has 0 bridgehead atoms. The summed E-state index contributed by atoms with van der Waals surface area (Å²) in [4.78, 5) is 26.2. The summed E-state index contributed by atoms with van der Waals surface area (Å²) in [7, 11) is 0. The number of hydrogen-bond acceptors (Lipinski definition) is 10. The van der Waals surface area contributed by atoms with Crippen molar-refractivity contribution in [3.63, 3.8) is 0 Å². The van der Waals surface area contributed by atoms with Crippen molar-refractivity contribution in [1.29, 1.82) is 0 Å². The number of nitrogens with one attached hydrogen (secondary N) is 1. The second-order valence-corrected chi connectivity index (χ2v) is 7.95. The summed E-state index contributed by atoms with van der Waals surface area (Å²) in [5.74, 6) is 0.420. The first-order valence-corrected chi connectivity index (χ1v) is 10.8. The van der Waals surface area contributed by atoms with Crippen molar-refractivity contribution in [1.82, 2.24) is 24.4 Å². The van der Waals surface area contributed by atoms with Crippen LogP contribution in [0, 0.1) is 0 Å². The lowest BCUT2D eigenvalue weighted by Crippen LogP contribution is -2.42. The molecule has 4 unspecified atom stereocenters. The number of carbonyl (C=O) groups is 1. The lowest BCUT2D eigenvalue weighted by Gasteiger charge is -2.31. The number of piperidine rings is 1. The molecule has 0 saturated carbocycles. The van der Waals surface area contributed by atoms with E-state index in [9.17, 15) is 28.2 Å². The minimum absolute atomic E-state index is 0.00738. The quantitative estimate of drug-likeness (QED) is 0.537. The van der Waals surface area contributed by atoms with E-state index in [-0.39, 0.29) is 17.8 Å². The number of nitrogens with zero attached hydrogens (tertiary/aromatic N) is 5. The van der Waals surface area contributed by atoms with Crippen molar-refractivity contribution in [2.45, 2.75) is 56.7 Å². The van der Waals surface area contributed by atoms with Crippen LogP contribution in [0.25, 0.3) is 11.2 Å². The van der Waals surface area contributed by atoms with Crippen LogP contribution in [0.4, 0.5) is 23.8 Å². The zero-order valence-corrected chi connectivity index (χ0v) is 18.2. The van der Waals surface area contributed by atoms with Gasteiger partial charge in [-0.05, 0) is 19.8 Å². The largest absolute Gasteiger partial charge is 0.522 e. The van der Waals surface area contributed by atoms with Gasteiger partial charge in [0.05, 0.1) is 19.5 Å². The molecule has 2 aliphatic rings. The minimum Gasteiger partial charge on any atom is -0.450 e. The number of ether oxygens (including phenoxy) is 3. The molecule has 0 aromatic carbocycles. The van der Waals surface area contributed by atoms with Gasteiger partial charge in [0.1, 0.15) is 24.6 Å². The monoisotopic (exact) mass is 490 g/mol. The van der Waals surface area contributed by atoms with E-state index < -0.39 is 37.5 Å². The maximum atomic E-state index is 12.4. The molecule has 1 amide bonds. The van der Waals surface area contributed by atoms with Crippen LogP contribution in [-0.4, -0.2) is 97.7 Å². The molecule has 2 saturated heterocycles. The third kappa shape index (κ3) is 5.16. The number of aromatic nitrogens is 4. The molecule has 2 aromatic heterocycles. The molecule has 12 nitrogen and oxygen atoms in total. The first-order valence-electron chi connectivity index (χ1n) is 10.8. The van der Waals surface area contributed by atoms with Crippen LogP contribution < -0.4 is 5.32 Å². The van der Waals surface area contributed by atoms with Gasteiger partial charge in [-0.25, -0.2) is 19.7 Å². The van der Waals surface area contributed by atoms with Crippen molar-refractivity contribution >= 4 is 23.1 Å². The number of carbonyl (C=O) groups excluding carboxylic acids is 1. The van der Waals surface area contributed by atoms with Gasteiger partial charge in [-0.1, -0.05) is 0 Å².